The first-order chi connectivity index (χ1) is 8.18. The summed E-state index contributed by atoms with van der Waals surface area (Å²) in [6.07, 6.45) is 3.67. The second kappa shape index (κ2) is 6.01. The Labute approximate surface area is 118 Å². The Balaban J connectivity index is 1.91. The van der Waals surface area contributed by atoms with Crippen molar-refractivity contribution in [2.45, 2.75) is 24.1 Å². The van der Waals surface area contributed by atoms with Crippen LogP contribution in [0.15, 0.2) is 28.7 Å². The Kier molecular flexibility index (Phi) is 4.62. The van der Waals surface area contributed by atoms with Crippen LogP contribution in [0.5, 0.6) is 0 Å². The summed E-state index contributed by atoms with van der Waals surface area (Å²) in [4.78, 5) is 12.5. The van der Waals surface area contributed by atoms with Gasteiger partial charge in [0, 0.05) is 15.8 Å². The summed E-state index contributed by atoms with van der Waals surface area (Å²) in [5.74, 6) is 0.575. The minimum atomic E-state index is 0.00377. The maximum absolute atomic E-state index is 12.0. The SMILES string of the molecule is O=C(NCC1CCCC1Br)c1ccccc1Br. The zero-order valence-corrected chi connectivity index (χ0v) is 12.6. The van der Waals surface area contributed by atoms with Gasteiger partial charge >= 0.3 is 0 Å². The lowest BCUT2D eigenvalue weighted by molar-refractivity contribution is 0.0947. The van der Waals surface area contributed by atoms with E-state index in [1.54, 1.807) is 0 Å². The molecule has 17 heavy (non-hydrogen) atoms. The lowest BCUT2D eigenvalue weighted by Crippen LogP contribution is -2.31. The zero-order chi connectivity index (χ0) is 12.3. The predicted octanol–water partition coefficient (Wildman–Crippen LogP) is 3.74. The summed E-state index contributed by atoms with van der Waals surface area (Å²) in [5.41, 5.74) is 0.705. The van der Waals surface area contributed by atoms with Crippen molar-refractivity contribution in [3.8, 4) is 0 Å². The molecular weight excluding hydrogens is 346 g/mol. The second-order valence-electron chi connectivity index (χ2n) is 4.40. The van der Waals surface area contributed by atoms with Crippen molar-refractivity contribution in [2.24, 2.45) is 5.92 Å². The molecule has 1 aromatic carbocycles. The standard InChI is InChI=1S/C13H15Br2NO/c14-11-7-3-4-9(11)8-16-13(17)10-5-1-2-6-12(10)15/h1-2,5-6,9,11H,3-4,7-8H2,(H,16,17). The molecule has 2 nitrogen and oxygen atoms in total. The van der Waals surface area contributed by atoms with E-state index < -0.39 is 0 Å². The Bertz CT molecular complexity index is 408. The van der Waals surface area contributed by atoms with E-state index in [9.17, 15) is 4.79 Å². The van der Waals surface area contributed by atoms with Crippen LogP contribution in [0, 0.1) is 5.92 Å². The molecule has 0 bridgehead atoms. The van der Waals surface area contributed by atoms with Crippen LogP contribution in [0.1, 0.15) is 29.6 Å². The molecule has 1 saturated carbocycles. The largest absolute Gasteiger partial charge is 0.352 e. The van der Waals surface area contributed by atoms with Crippen molar-refractivity contribution in [1.29, 1.82) is 0 Å². The second-order valence-corrected chi connectivity index (χ2v) is 6.43. The number of benzene rings is 1. The van der Waals surface area contributed by atoms with E-state index in [2.05, 4.69) is 37.2 Å². The highest BCUT2D eigenvalue weighted by Crippen LogP contribution is 2.30. The van der Waals surface area contributed by atoms with E-state index in [0.717, 1.165) is 11.0 Å². The molecular formula is C13H15Br2NO. The van der Waals surface area contributed by atoms with Gasteiger partial charge < -0.3 is 5.32 Å². The molecule has 0 heterocycles. The fourth-order valence-electron chi connectivity index (χ4n) is 2.19. The lowest BCUT2D eigenvalue weighted by atomic mass is 10.1. The Morgan fingerprint density at radius 2 is 2.12 bits per heavy atom. The summed E-state index contributed by atoms with van der Waals surface area (Å²) in [5, 5.41) is 3.01. The summed E-state index contributed by atoms with van der Waals surface area (Å²) >= 11 is 7.06. The van der Waals surface area contributed by atoms with E-state index in [-0.39, 0.29) is 5.91 Å². The molecule has 0 aliphatic heterocycles. The van der Waals surface area contributed by atoms with Gasteiger partial charge in [0.1, 0.15) is 0 Å². The van der Waals surface area contributed by atoms with Crippen molar-refractivity contribution in [3.05, 3.63) is 34.3 Å². The van der Waals surface area contributed by atoms with E-state index in [0.29, 0.717) is 16.3 Å². The molecule has 2 atom stereocenters. The highest BCUT2D eigenvalue weighted by molar-refractivity contribution is 9.10. The molecule has 0 radical (unpaired) electrons. The summed E-state index contributed by atoms with van der Waals surface area (Å²) in [6, 6.07) is 7.51. The number of carbonyl (C=O) groups excluding carboxylic acids is 1. The van der Waals surface area contributed by atoms with Gasteiger partial charge in [0.2, 0.25) is 0 Å². The molecule has 4 heteroatoms. The molecule has 1 amide bonds. The number of alkyl halides is 1. The average Bonchev–Trinajstić information content (AvgIpc) is 2.72. The maximum Gasteiger partial charge on any atom is 0.252 e. The van der Waals surface area contributed by atoms with Gasteiger partial charge in [0.05, 0.1) is 5.56 Å². The number of hydrogen-bond acceptors (Lipinski definition) is 1. The Morgan fingerprint density at radius 1 is 1.35 bits per heavy atom. The van der Waals surface area contributed by atoms with Gasteiger partial charge in [-0.1, -0.05) is 34.5 Å². The maximum atomic E-state index is 12.0. The van der Waals surface area contributed by atoms with Crippen LogP contribution in [0.3, 0.4) is 0 Å². The first kappa shape index (κ1) is 13.1. The van der Waals surface area contributed by atoms with Crippen LogP contribution in [0.25, 0.3) is 0 Å². The van der Waals surface area contributed by atoms with Crippen molar-refractivity contribution in [2.75, 3.05) is 6.54 Å². The van der Waals surface area contributed by atoms with Crippen molar-refractivity contribution < 1.29 is 4.79 Å². The van der Waals surface area contributed by atoms with Gasteiger partial charge in [-0.2, -0.15) is 0 Å². The molecule has 0 spiro atoms. The fourth-order valence-corrected chi connectivity index (χ4v) is 3.43. The van der Waals surface area contributed by atoms with Crippen LogP contribution in [0.4, 0.5) is 0 Å². The van der Waals surface area contributed by atoms with Crippen LogP contribution >= 0.6 is 31.9 Å². The third-order valence-electron chi connectivity index (χ3n) is 3.21. The van der Waals surface area contributed by atoms with Crippen molar-refractivity contribution in [3.63, 3.8) is 0 Å². The average molecular weight is 361 g/mol. The number of hydrogen-bond donors (Lipinski definition) is 1. The van der Waals surface area contributed by atoms with E-state index >= 15 is 0 Å². The molecule has 2 rings (SSSR count). The monoisotopic (exact) mass is 359 g/mol. The Hall–Kier alpha value is -0.350. The molecule has 2 unspecified atom stereocenters. The van der Waals surface area contributed by atoms with Crippen LogP contribution in [-0.4, -0.2) is 17.3 Å². The van der Waals surface area contributed by atoms with E-state index in [4.69, 9.17) is 0 Å². The third-order valence-corrected chi connectivity index (χ3v) is 5.11. The fraction of sp³-hybridized carbons (Fsp3) is 0.462. The van der Waals surface area contributed by atoms with Crippen molar-refractivity contribution >= 4 is 37.8 Å². The van der Waals surface area contributed by atoms with Gasteiger partial charge in [0.15, 0.2) is 0 Å². The quantitative estimate of drug-likeness (QED) is 0.817. The summed E-state index contributed by atoms with van der Waals surface area (Å²) in [7, 11) is 0. The third kappa shape index (κ3) is 3.32. The summed E-state index contributed by atoms with van der Waals surface area (Å²) < 4.78 is 0.847. The number of rotatable bonds is 3. The normalized spacial score (nSPS) is 23.6. The smallest absolute Gasteiger partial charge is 0.252 e. The molecule has 92 valence electrons. The van der Waals surface area contributed by atoms with Gasteiger partial charge in [-0.3, -0.25) is 4.79 Å². The number of amides is 1. The molecule has 1 aliphatic rings. The minimum Gasteiger partial charge on any atom is -0.352 e. The van der Waals surface area contributed by atoms with Gasteiger partial charge in [-0.15, -0.1) is 0 Å². The molecule has 1 N–H and O–H groups in total. The predicted molar refractivity (Wildman–Crippen MR) is 76.5 cm³/mol. The molecule has 1 aromatic rings. The van der Waals surface area contributed by atoms with Gasteiger partial charge in [0.25, 0.3) is 5.91 Å². The highest BCUT2D eigenvalue weighted by Gasteiger charge is 2.25. The highest BCUT2D eigenvalue weighted by atomic mass is 79.9. The number of nitrogens with one attached hydrogen (secondary N) is 1. The minimum absolute atomic E-state index is 0.00377. The lowest BCUT2D eigenvalue weighted by Gasteiger charge is -2.15. The zero-order valence-electron chi connectivity index (χ0n) is 9.46. The molecule has 0 aromatic heterocycles. The first-order valence-electron chi connectivity index (χ1n) is 5.85. The number of carbonyl (C=O) groups is 1. The van der Waals surface area contributed by atoms with Crippen LogP contribution in [-0.2, 0) is 0 Å². The topological polar surface area (TPSA) is 29.1 Å². The molecule has 0 saturated heterocycles. The molecule has 1 fully saturated rings. The van der Waals surface area contributed by atoms with Gasteiger partial charge in [-0.05, 0) is 46.8 Å². The van der Waals surface area contributed by atoms with E-state index in [1.807, 2.05) is 24.3 Å². The summed E-state index contributed by atoms with van der Waals surface area (Å²) in [6.45, 7) is 0.760. The van der Waals surface area contributed by atoms with Gasteiger partial charge in [-0.25, -0.2) is 0 Å². The molecule has 1 aliphatic carbocycles. The first-order valence-corrected chi connectivity index (χ1v) is 7.56. The van der Waals surface area contributed by atoms with Crippen LogP contribution in [0.2, 0.25) is 0 Å². The van der Waals surface area contributed by atoms with Crippen LogP contribution < -0.4 is 5.32 Å². The van der Waals surface area contributed by atoms with E-state index in [1.165, 1.54) is 19.3 Å². The van der Waals surface area contributed by atoms with Crippen molar-refractivity contribution in [1.82, 2.24) is 5.32 Å². The Morgan fingerprint density at radius 3 is 2.76 bits per heavy atom. The number of halogens is 2.